The topological polar surface area (TPSA) is 79.5 Å². The van der Waals surface area contributed by atoms with E-state index < -0.39 is 28.7 Å². The lowest BCUT2D eigenvalue weighted by molar-refractivity contribution is 0.0692. The van der Waals surface area contributed by atoms with Crippen molar-refractivity contribution in [2.24, 2.45) is 5.41 Å². The van der Waals surface area contributed by atoms with Gasteiger partial charge in [-0.3, -0.25) is 4.79 Å². The Morgan fingerprint density at radius 3 is 2.53 bits per heavy atom. The minimum absolute atomic E-state index is 0.0137. The molecule has 0 bridgehead atoms. The van der Waals surface area contributed by atoms with Crippen molar-refractivity contribution in [1.82, 2.24) is 4.57 Å². The molecule has 158 valence electrons. The van der Waals surface area contributed by atoms with Gasteiger partial charge in [0, 0.05) is 18.0 Å². The molecule has 1 atom stereocenters. The smallest absolute Gasteiger partial charge is 0.341 e. The van der Waals surface area contributed by atoms with E-state index >= 15 is 0 Å². The Balaban J connectivity index is 2.23. The van der Waals surface area contributed by atoms with Crippen LogP contribution in [0, 0.1) is 11.2 Å². The molecular formula is C23H23ClFNO4. The average Bonchev–Trinajstić information content (AvgIpc) is 2.66. The lowest BCUT2D eigenvalue weighted by atomic mass is 9.86. The van der Waals surface area contributed by atoms with Crippen LogP contribution in [-0.4, -0.2) is 27.4 Å². The Morgan fingerprint density at radius 2 is 1.93 bits per heavy atom. The Bertz CT molecular complexity index is 1180. The zero-order valence-electron chi connectivity index (χ0n) is 16.9. The highest BCUT2D eigenvalue weighted by Crippen LogP contribution is 2.33. The van der Waals surface area contributed by atoms with Gasteiger partial charge >= 0.3 is 5.97 Å². The summed E-state index contributed by atoms with van der Waals surface area (Å²) >= 11 is 5.85. The molecule has 1 heterocycles. The molecule has 30 heavy (non-hydrogen) atoms. The predicted octanol–water partition coefficient (Wildman–Crippen LogP) is 4.66. The number of aliphatic hydroxyl groups excluding tert-OH is 1. The average molecular weight is 432 g/mol. The van der Waals surface area contributed by atoms with Gasteiger partial charge in [0.05, 0.1) is 23.2 Å². The van der Waals surface area contributed by atoms with Gasteiger partial charge in [-0.05, 0) is 34.7 Å². The number of rotatable bonds is 5. The van der Waals surface area contributed by atoms with E-state index in [4.69, 9.17) is 11.6 Å². The predicted molar refractivity (Wildman–Crippen MR) is 115 cm³/mol. The number of hydrogen-bond acceptors (Lipinski definition) is 3. The number of benzene rings is 2. The van der Waals surface area contributed by atoms with Crippen LogP contribution in [0.3, 0.4) is 0 Å². The van der Waals surface area contributed by atoms with Crippen molar-refractivity contribution in [2.75, 3.05) is 6.61 Å². The maximum atomic E-state index is 14.3. The fourth-order valence-corrected chi connectivity index (χ4v) is 3.80. The van der Waals surface area contributed by atoms with E-state index in [9.17, 15) is 24.2 Å². The molecule has 0 saturated carbocycles. The summed E-state index contributed by atoms with van der Waals surface area (Å²) in [4.78, 5) is 24.6. The van der Waals surface area contributed by atoms with Crippen LogP contribution in [0.15, 0.2) is 47.4 Å². The van der Waals surface area contributed by atoms with Gasteiger partial charge in [0.15, 0.2) is 0 Å². The SMILES string of the molecule is CC(C)(C)[C@@H](CO)n1cc(C(=O)O)c(=O)c2cc(Cc3cccc(Cl)c3F)ccc21. The lowest BCUT2D eigenvalue weighted by Crippen LogP contribution is -2.30. The summed E-state index contributed by atoms with van der Waals surface area (Å²) in [6, 6.07) is 9.31. The molecule has 0 radical (unpaired) electrons. The van der Waals surface area contributed by atoms with Gasteiger partial charge in [0.25, 0.3) is 0 Å². The molecular weight excluding hydrogens is 409 g/mol. The van der Waals surface area contributed by atoms with Crippen LogP contribution in [0.25, 0.3) is 10.9 Å². The van der Waals surface area contributed by atoms with E-state index in [1.807, 2.05) is 20.8 Å². The van der Waals surface area contributed by atoms with E-state index in [1.54, 1.807) is 34.9 Å². The Morgan fingerprint density at radius 1 is 1.23 bits per heavy atom. The van der Waals surface area contributed by atoms with Crippen molar-refractivity contribution in [3.63, 3.8) is 0 Å². The number of aliphatic hydroxyl groups is 1. The first-order chi connectivity index (χ1) is 14.0. The largest absolute Gasteiger partial charge is 0.477 e. The number of carboxylic acids is 1. The normalized spacial score (nSPS) is 12.9. The minimum Gasteiger partial charge on any atom is -0.477 e. The second-order valence-corrected chi connectivity index (χ2v) is 8.80. The summed E-state index contributed by atoms with van der Waals surface area (Å²) in [6.45, 7) is 5.55. The number of aromatic nitrogens is 1. The fourth-order valence-electron chi connectivity index (χ4n) is 3.61. The van der Waals surface area contributed by atoms with Gasteiger partial charge in [-0.25, -0.2) is 9.18 Å². The van der Waals surface area contributed by atoms with Gasteiger partial charge < -0.3 is 14.8 Å². The molecule has 0 aliphatic carbocycles. The molecule has 0 aliphatic heterocycles. The number of pyridine rings is 1. The third-order valence-corrected chi connectivity index (χ3v) is 5.55. The van der Waals surface area contributed by atoms with Gasteiger partial charge in [0.2, 0.25) is 5.43 Å². The quantitative estimate of drug-likeness (QED) is 0.615. The number of hydrogen-bond donors (Lipinski definition) is 2. The molecule has 0 saturated heterocycles. The molecule has 0 amide bonds. The zero-order chi connectivity index (χ0) is 22.2. The Hall–Kier alpha value is -2.70. The monoisotopic (exact) mass is 431 g/mol. The Labute approximate surface area is 178 Å². The van der Waals surface area contributed by atoms with Crippen molar-refractivity contribution in [3.8, 4) is 0 Å². The molecule has 0 fully saturated rings. The summed E-state index contributed by atoms with van der Waals surface area (Å²) in [6.07, 6.45) is 1.48. The van der Waals surface area contributed by atoms with Crippen LogP contribution >= 0.6 is 11.6 Å². The van der Waals surface area contributed by atoms with Crippen molar-refractivity contribution in [3.05, 3.63) is 80.3 Å². The first-order valence-electron chi connectivity index (χ1n) is 9.49. The molecule has 0 spiro atoms. The highest BCUT2D eigenvalue weighted by molar-refractivity contribution is 6.30. The van der Waals surface area contributed by atoms with Crippen LogP contribution < -0.4 is 5.43 Å². The van der Waals surface area contributed by atoms with E-state index in [0.29, 0.717) is 16.6 Å². The second kappa shape index (κ2) is 8.20. The minimum atomic E-state index is -1.34. The van der Waals surface area contributed by atoms with Gasteiger partial charge in [0.1, 0.15) is 11.4 Å². The van der Waals surface area contributed by atoms with Crippen LogP contribution in [0.2, 0.25) is 5.02 Å². The number of aromatic carboxylic acids is 1. The number of carboxylic acid groups (broad SMARTS) is 1. The zero-order valence-corrected chi connectivity index (χ0v) is 17.7. The maximum Gasteiger partial charge on any atom is 0.341 e. The van der Waals surface area contributed by atoms with Crippen LogP contribution in [0.1, 0.15) is 48.3 Å². The summed E-state index contributed by atoms with van der Waals surface area (Å²) in [5.74, 6) is -1.86. The van der Waals surface area contributed by atoms with Crippen LogP contribution in [-0.2, 0) is 6.42 Å². The second-order valence-electron chi connectivity index (χ2n) is 8.39. The van der Waals surface area contributed by atoms with Gasteiger partial charge in [-0.15, -0.1) is 0 Å². The van der Waals surface area contributed by atoms with E-state index in [2.05, 4.69) is 0 Å². The standard InChI is InChI=1S/C23H23ClFNO4/c1-23(2,3)19(12-27)26-11-16(22(29)30)21(28)15-10-13(7-8-18(15)26)9-14-5-4-6-17(24)20(14)25/h4-8,10-11,19,27H,9,12H2,1-3H3,(H,29,30)/t19-/m1/s1. The summed E-state index contributed by atoms with van der Waals surface area (Å²) in [5.41, 5.74) is 0.138. The van der Waals surface area contributed by atoms with Crippen molar-refractivity contribution in [1.29, 1.82) is 0 Å². The van der Waals surface area contributed by atoms with Crippen molar-refractivity contribution >= 4 is 28.5 Å². The third kappa shape index (κ3) is 4.11. The summed E-state index contributed by atoms with van der Waals surface area (Å²) in [7, 11) is 0. The molecule has 1 aromatic heterocycles. The highest BCUT2D eigenvalue weighted by Gasteiger charge is 2.28. The van der Waals surface area contributed by atoms with E-state index in [0.717, 1.165) is 0 Å². The van der Waals surface area contributed by atoms with Gasteiger partial charge in [-0.2, -0.15) is 0 Å². The molecule has 7 heteroatoms. The molecule has 0 aliphatic rings. The van der Waals surface area contributed by atoms with E-state index in [-0.39, 0.29) is 29.0 Å². The molecule has 0 unspecified atom stereocenters. The molecule has 3 aromatic rings. The van der Waals surface area contributed by atoms with Crippen LogP contribution in [0.5, 0.6) is 0 Å². The molecule has 2 aromatic carbocycles. The molecule has 5 nitrogen and oxygen atoms in total. The lowest BCUT2D eigenvalue weighted by Gasteiger charge is -2.32. The van der Waals surface area contributed by atoms with Crippen molar-refractivity contribution in [2.45, 2.75) is 33.2 Å². The molecule has 3 rings (SSSR count). The van der Waals surface area contributed by atoms with Gasteiger partial charge in [-0.1, -0.05) is 50.6 Å². The van der Waals surface area contributed by atoms with Crippen LogP contribution in [0.4, 0.5) is 4.39 Å². The first kappa shape index (κ1) is 22.0. The fraction of sp³-hybridized carbons (Fsp3) is 0.304. The van der Waals surface area contributed by atoms with E-state index in [1.165, 1.54) is 12.3 Å². The summed E-state index contributed by atoms with van der Waals surface area (Å²) in [5, 5.41) is 19.7. The van der Waals surface area contributed by atoms with Crippen molar-refractivity contribution < 1.29 is 19.4 Å². The highest BCUT2D eigenvalue weighted by atomic mass is 35.5. The first-order valence-corrected chi connectivity index (χ1v) is 9.87. The molecule has 2 N–H and O–H groups in total. The Kier molecular flexibility index (Phi) is 6.01. The number of carbonyl (C=O) groups is 1. The number of fused-ring (bicyclic) bond motifs is 1. The summed E-state index contributed by atoms with van der Waals surface area (Å²) < 4.78 is 15.9. The maximum absolute atomic E-state index is 14.3. The number of nitrogens with zero attached hydrogens (tertiary/aromatic N) is 1. The number of halogens is 2. The third-order valence-electron chi connectivity index (χ3n) is 5.26.